The molecule has 5 nitrogen and oxygen atoms in total. The molecule has 0 saturated carbocycles. The van der Waals surface area contributed by atoms with Crippen LogP contribution in [0.25, 0.3) is 11.0 Å². The SMILES string of the molecule is Cc1ccc(S(=O)(=O)n2ccc3c(Br)cc(CO)nc32)cc1. The predicted molar refractivity (Wildman–Crippen MR) is 87.1 cm³/mol. The Balaban J connectivity index is 2.25. The second-order valence-corrected chi connectivity index (χ2v) is 7.59. The summed E-state index contributed by atoms with van der Waals surface area (Å²) in [5.41, 5.74) is 1.68. The molecule has 0 atom stereocenters. The van der Waals surface area contributed by atoms with Crippen molar-refractivity contribution in [1.82, 2.24) is 8.96 Å². The molecule has 7 heteroatoms. The number of aryl methyl sites for hydroxylation is 1. The van der Waals surface area contributed by atoms with Crippen molar-refractivity contribution in [1.29, 1.82) is 0 Å². The first-order chi connectivity index (χ1) is 10.4. The molecule has 114 valence electrons. The van der Waals surface area contributed by atoms with Gasteiger partial charge in [0.25, 0.3) is 10.0 Å². The number of benzene rings is 1. The fourth-order valence-electron chi connectivity index (χ4n) is 2.19. The molecule has 0 bridgehead atoms. The number of fused-ring (bicyclic) bond motifs is 1. The Morgan fingerprint density at radius 2 is 1.91 bits per heavy atom. The maximum Gasteiger partial charge on any atom is 0.269 e. The zero-order chi connectivity index (χ0) is 15.9. The number of hydrogen-bond acceptors (Lipinski definition) is 4. The van der Waals surface area contributed by atoms with Gasteiger partial charge in [-0.2, -0.15) is 0 Å². The van der Waals surface area contributed by atoms with Crippen molar-refractivity contribution in [3.63, 3.8) is 0 Å². The van der Waals surface area contributed by atoms with Crippen LogP contribution in [0.4, 0.5) is 0 Å². The molecule has 0 fully saturated rings. The summed E-state index contributed by atoms with van der Waals surface area (Å²) in [5, 5.41) is 9.93. The fourth-order valence-corrected chi connectivity index (χ4v) is 4.06. The lowest BCUT2D eigenvalue weighted by atomic mass is 10.2. The zero-order valence-corrected chi connectivity index (χ0v) is 14.1. The van der Waals surface area contributed by atoms with Crippen molar-refractivity contribution in [3.05, 3.63) is 58.3 Å². The Hall–Kier alpha value is -1.70. The minimum atomic E-state index is -3.73. The van der Waals surface area contributed by atoms with Crippen molar-refractivity contribution in [2.24, 2.45) is 0 Å². The average molecular weight is 381 g/mol. The Kier molecular flexibility index (Phi) is 3.80. The lowest BCUT2D eigenvalue weighted by molar-refractivity contribution is 0.277. The van der Waals surface area contributed by atoms with E-state index in [1.165, 1.54) is 6.20 Å². The molecule has 22 heavy (non-hydrogen) atoms. The molecule has 0 unspecified atom stereocenters. The van der Waals surface area contributed by atoms with E-state index < -0.39 is 10.0 Å². The van der Waals surface area contributed by atoms with Crippen LogP contribution in [0.15, 0.2) is 52.0 Å². The molecule has 3 aromatic rings. The first-order valence-electron chi connectivity index (χ1n) is 6.53. The van der Waals surface area contributed by atoms with Crippen molar-refractivity contribution < 1.29 is 13.5 Å². The van der Waals surface area contributed by atoms with Crippen molar-refractivity contribution in [3.8, 4) is 0 Å². The van der Waals surface area contributed by atoms with E-state index in [9.17, 15) is 13.5 Å². The van der Waals surface area contributed by atoms with E-state index in [0.29, 0.717) is 21.2 Å². The standard InChI is InChI=1S/C15H13BrN2O3S/c1-10-2-4-12(5-3-10)22(20,21)18-7-6-13-14(16)8-11(9-19)17-15(13)18/h2-8,19H,9H2,1H3. The third-order valence-electron chi connectivity index (χ3n) is 3.37. The Morgan fingerprint density at radius 1 is 1.23 bits per heavy atom. The molecule has 0 aliphatic heterocycles. The molecule has 2 heterocycles. The van der Waals surface area contributed by atoms with Gasteiger partial charge in [-0.1, -0.05) is 17.7 Å². The van der Waals surface area contributed by atoms with Crippen LogP contribution in [0.5, 0.6) is 0 Å². The number of pyridine rings is 1. The lowest BCUT2D eigenvalue weighted by Crippen LogP contribution is -2.12. The summed E-state index contributed by atoms with van der Waals surface area (Å²) in [7, 11) is -3.73. The molecular formula is C15H13BrN2O3S. The van der Waals surface area contributed by atoms with E-state index in [1.807, 2.05) is 6.92 Å². The van der Waals surface area contributed by atoms with Gasteiger partial charge in [-0.05, 0) is 47.1 Å². The van der Waals surface area contributed by atoms with Gasteiger partial charge >= 0.3 is 0 Å². The molecule has 0 spiro atoms. The second kappa shape index (κ2) is 5.49. The number of aliphatic hydroxyl groups is 1. The van der Waals surface area contributed by atoms with E-state index in [2.05, 4.69) is 20.9 Å². The van der Waals surface area contributed by atoms with Gasteiger partial charge in [-0.25, -0.2) is 17.4 Å². The highest BCUT2D eigenvalue weighted by Crippen LogP contribution is 2.27. The normalized spacial score (nSPS) is 12.0. The number of rotatable bonds is 3. The van der Waals surface area contributed by atoms with Crippen LogP contribution >= 0.6 is 15.9 Å². The second-order valence-electron chi connectivity index (χ2n) is 4.92. The Morgan fingerprint density at radius 3 is 2.55 bits per heavy atom. The summed E-state index contributed by atoms with van der Waals surface area (Å²) >= 11 is 3.38. The molecule has 0 radical (unpaired) electrons. The maximum atomic E-state index is 12.8. The fraction of sp³-hybridized carbons (Fsp3) is 0.133. The highest BCUT2D eigenvalue weighted by atomic mass is 79.9. The molecule has 1 aromatic carbocycles. The van der Waals surface area contributed by atoms with Gasteiger partial charge in [-0.3, -0.25) is 0 Å². The number of aromatic nitrogens is 2. The number of hydrogen-bond donors (Lipinski definition) is 1. The molecular weight excluding hydrogens is 368 g/mol. The van der Waals surface area contributed by atoms with Crippen LogP contribution < -0.4 is 0 Å². The summed E-state index contributed by atoms with van der Waals surface area (Å²) in [5.74, 6) is 0. The lowest BCUT2D eigenvalue weighted by Gasteiger charge is -2.08. The van der Waals surface area contributed by atoms with Crippen molar-refractivity contribution >= 4 is 37.0 Å². The third-order valence-corrected chi connectivity index (χ3v) is 5.70. The largest absolute Gasteiger partial charge is 0.390 e. The average Bonchev–Trinajstić information content (AvgIpc) is 2.92. The number of halogens is 1. The zero-order valence-electron chi connectivity index (χ0n) is 11.7. The Bertz CT molecular complexity index is 947. The number of nitrogens with zero attached hydrogens (tertiary/aromatic N) is 2. The van der Waals surface area contributed by atoms with Crippen LogP contribution in [0.1, 0.15) is 11.3 Å². The van der Waals surface area contributed by atoms with Crippen LogP contribution in [0.3, 0.4) is 0 Å². The third kappa shape index (κ3) is 2.45. The summed E-state index contributed by atoms with van der Waals surface area (Å²) < 4.78 is 27.4. The van der Waals surface area contributed by atoms with Gasteiger partial charge in [0.05, 0.1) is 17.2 Å². The van der Waals surface area contributed by atoms with E-state index in [4.69, 9.17) is 0 Å². The van der Waals surface area contributed by atoms with E-state index >= 15 is 0 Å². The van der Waals surface area contributed by atoms with Crippen molar-refractivity contribution in [2.45, 2.75) is 18.4 Å². The summed E-state index contributed by atoms with van der Waals surface area (Å²) in [6, 6.07) is 10.00. The minimum absolute atomic E-state index is 0.197. The van der Waals surface area contributed by atoms with Gasteiger partial charge < -0.3 is 5.11 Å². The van der Waals surface area contributed by atoms with Crippen molar-refractivity contribution in [2.75, 3.05) is 0 Å². The van der Waals surface area contributed by atoms with E-state index in [1.54, 1.807) is 36.4 Å². The van der Waals surface area contributed by atoms with Crippen LogP contribution in [-0.2, 0) is 16.6 Å². The first-order valence-corrected chi connectivity index (χ1v) is 8.76. The highest BCUT2D eigenvalue weighted by Gasteiger charge is 2.20. The van der Waals surface area contributed by atoms with Gasteiger partial charge in [0.1, 0.15) is 0 Å². The van der Waals surface area contributed by atoms with E-state index in [0.717, 1.165) is 9.54 Å². The molecule has 0 amide bonds. The highest BCUT2D eigenvalue weighted by molar-refractivity contribution is 9.10. The van der Waals surface area contributed by atoms with Crippen LogP contribution in [0.2, 0.25) is 0 Å². The molecule has 3 rings (SSSR count). The van der Waals surface area contributed by atoms with Gasteiger partial charge in [-0.15, -0.1) is 0 Å². The predicted octanol–water partition coefficient (Wildman–Crippen LogP) is 2.84. The van der Waals surface area contributed by atoms with Gasteiger partial charge in [0, 0.05) is 16.1 Å². The summed E-state index contributed by atoms with van der Waals surface area (Å²) in [6.07, 6.45) is 1.47. The topological polar surface area (TPSA) is 72.2 Å². The maximum absolute atomic E-state index is 12.8. The molecule has 1 N–H and O–H groups in total. The van der Waals surface area contributed by atoms with Crippen LogP contribution in [0, 0.1) is 6.92 Å². The quantitative estimate of drug-likeness (QED) is 0.757. The Labute approximate surface area is 136 Å². The smallest absolute Gasteiger partial charge is 0.269 e. The summed E-state index contributed by atoms with van der Waals surface area (Å²) in [4.78, 5) is 4.42. The van der Waals surface area contributed by atoms with Crippen LogP contribution in [-0.4, -0.2) is 22.5 Å². The molecule has 0 saturated heterocycles. The minimum Gasteiger partial charge on any atom is -0.390 e. The monoisotopic (exact) mass is 380 g/mol. The molecule has 0 aliphatic rings. The molecule has 2 aromatic heterocycles. The van der Waals surface area contributed by atoms with E-state index in [-0.39, 0.29) is 11.5 Å². The molecule has 0 aliphatic carbocycles. The number of aliphatic hydroxyl groups excluding tert-OH is 1. The summed E-state index contributed by atoms with van der Waals surface area (Å²) in [6.45, 7) is 1.64. The van der Waals surface area contributed by atoms with Gasteiger partial charge in [0.2, 0.25) is 0 Å². The first kappa shape index (κ1) is 15.2. The van der Waals surface area contributed by atoms with Gasteiger partial charge in [0.15, 0.2) is 5.65 Å².